The number of nitrogens with one attached hydrogen (secondary N) is 1. The second kappa shape index (κ2) is 5.52. The van der Waals surface area contributed by atoms with Crippen molar-refractivity contribution in [3.63, 3.8) is 0 Å². The summed E-state index contributed by atoms with van der Waals surface area (Å²) in [6.07, 6.45) is 2.12. The number of fused-ring (bicyclic) bond motifs is 2. The molecule has 0 radical (unpaired) electrons. The second-order valence-corrected chi connectivity index (χ2v) is 5.16. The van der Waals surface area contributed by atoms with Gasteiger partial charge in [0, 0.05) is 18.9 Å². The average molecular weight is 282 g/mol. The van der Waals surface area contributed by atoms with Gasteiger partial charge in [-0.3, -0.25) is 4.79 Å². The highest BCUT2D eigenvalue weighted by molar-refractivity contribution is 6.02. The number of benzene rings is 1. The molecule has 0 bridgehead atoms. The van der Waals surface area contributed by atoms with Crippen LogP contribution in [-0.2, 0) is 11.3 Å². The lowest BCUT2D eigenvalue weighted by Crippen LogP contribution is -2.07. The molecule has 1 N–H and O–H groups in total. The molecule has 5 heteroatoms. The van der Waals surface area contributed by atoms with E-state index in [9.17, 15) is 4.79 Å². The number of nitrogens with zero attached hydrogens (tertiary/aromatic N) is 3. The molecule has 0 atom stereocenters. The Hall–Kier alpha value is -2.43. The lowest BCUT2D eigenvalue weighted by atomic mass is 10.2. The van der Waals surface area contributed by atoms with Crippen molar-refractivity contribution in [2.75, 3.05) is 5.32 Å². The van der Waals surface area contributed by atoms with Crippen LogP contribution in [0.15, 0.2) is 30.3 Å². The highest BCUT2D eigenvalue weighted by Crippen LogP contribution is 2.26. The van der Waals surface area contributed by atoms with Crippen LogP contribution in [-0.4, -0.2) is 20.7 Å². The number of unbranched alkanes of at least 4 members (excludes halogenated alkanes) is 1. The molecule has 3 aromatic rings. The average Bonchev–Trinajstić information content (AvgIpc) is 2.79. The Kier molecular flexibility index (Phi) is 3.56. The smallest absolute Gasteiger partial charge is 0.222 e. The first kappa shape index (κ1) is 13.5. The van der Waals surface area contributed by atoms with E-state index in [2.05, 4.69) is 17.3 Å². The van der Waals surface area contributed by atoms with Crippen molar-refractivity contribution in [2.24, 2.45) is 0 Å². The SMILES string of the molecule is CCCCn1nc(NC(C)=O)c2cc3ccccc3nc21. The molecule has 0 aliphatic rings. The molecule has 0 unspecified atom stereocenters. The van der Waals surface area contributed by atoms with Gasteiger partial charge in [-0.25, -0.2) is 9.67 Å². The molecule has 0 spiro atoms. The predicted octanol–water partition coefficient (Wildman–Crippen LogP) is 3.34. The first-order valence-corrected chi connectivity index (χ1v) is 7.23. The summed E-state index contributed by atoms with van der Waals surface area (Å²) in [5, 5.41) is 9.25. The number of hydrogen-bond donors (Lipinski definition) is 1. The van der Waals surface area contributed by atoms with Gasteiger partial charge in [0.1, 0.15) is 0 Å². The Morgan fingerprint density at radius 1 is 1.33 bits per heavy atom. The molecule has 5 nitrogen and oxygen atoms in total. The van der Waals surface area contributed by atoms with Crippen molar-refractivity contribution in [1.29, 1.82) is 0 Å². The number of carbonyl (C=O) groups excluding carboxylic acids is 1. The number of aromatic nitrogens is 3. The number of carbonyl (C=O) groups is 1. The van der Waals surface area contributed by atoms with Gasteiger partial charge in [-0.05, 0) is 18.6 Å². The van der Waals surface area contributed by atoms with Gasteiger partial charge in [-0.15, -0.1) is 0 Å². The van der Waals surface area contributed by atoms with Crippen molar-refractivity contribution in [3.05, 3.63) is 30.3 Å². The highest BCUT2D eigenvalue weighted by atomic mass is 16.1. The van der Waals surface area contributed by atoms with Gasteiger partial charge in [-0.2, -0.15) is 5.10 Å². The van der Waals surface area contributed by atoms with E-state index >= 15 is 0 Å². The second-order valence-electron chi connectivity index (χ2n) is 5.16. The van der Waals surface area contributed by atoms with Gasteiger partial charge in [0.15, 0.2) is 11.5 Å². The van der Waals surface area contributed by atoms with Gasteiger partial charge in [0.05, 0.1) is 10.9 Å². The van der Waals surface area contributed by atoms with Crippen LogP contribution in [0.5, 0.6) is 0 Å². The zero-order valence-electron chi connectivity index (χ0n) is 12.3. The number of para-hydroxylation sites is 1. The van der Waals surface area contributed by atoms with E-state index in [4.69, 9.17) is 4.98 Å². The van der Waals surface area contributed by atoms with Crippen molar-refractivity contribution in [3.8, 4) is 0 Å². The summed E-state index contributed by atoms with van der Waals surface area (Å²) in [5.74, 6) is 0.469. The van der Waals surface area contributed by atoms with Gasteiger partial charge in [-0.1, -0.05) is 31.5 Å². The Labute approximate surface area is 123 Å². The van der Waals surface area contributed by atoms with E-state index in [-0.39, 0.29) is 5.91 Å². The van der Waals surface area contributed by atoms with E-state index in [1.165, 1.54) is 6.92 Å². The van der Waals surface area contributed by atoms with E-state index in [0.29, 0.717) is 5.82 Å². The predicted molar refractivity (Wildman–Crippen MR) is 84.2 cm³/mol. The fourth-order valence-corrected chi connectivity index (χ4v) is 2.42. The Morgan fingerprint density at radius 2 is 2.14 bits per heavy atom. The van der Waals surface area contributed by atoms with Crippen LogP contribution < -0.4 is 5.32 Å². The molecule has 3 rings (SSSR count). The van der Waals surface area contributed by atoms with Crippen LogP contribution in [0.2, 0.25) is 0 Å². The Balaban J connectivity index is 2.21. The Morgan fingerprint density at radius 3 is 2.90 bits per heavy atom. The van der Waals surface area contributed by atoms with Crippen LogP contribution in [0.3, 0.4) is 0 Å². The summed E-state index contributed by atoms with van der Waals surface area (Å²) in [6.45, 7) is 4.44. The van der Waals surface area contributed by atoms with E-state index in [1.807, 2.05) is 35.0 Å². The number of hydrogen-bond acceptors (Lipinski definition) is 3. The number of rotatable bonds is 4. The van der Waals surface area contributed by atoms with Crippen molar-refractivity contribution >= 4 is 33.7 Å². The molecular weight excluding hydrogens is 264 g/mol. The number of amides is 1. The monoisotopic (exact) mass is 282 g/mol. The quantitative estimate of drug-likeness (QED) is 0.798. The van der Waals surface area contributed by atoms with Crippen molar-refractivity contribution < 1.29 is 4.79 Å². The third-order valence-corrected chi connectivity index (χ3v) is 3.44. The van der Waals surface area contributed by atoms with Crippen LogP contribution in [0.1, 0.15) is 26.7 Å². The van der Waals surface area contributed by atoms with Crippen LogP contribution >= 0.6 is 0 Å². The minimum absolute atomic E-state index is 0.120. The number of pyridine rings is 1. The summed E-state index contributed by atoms with van der Waals surface area (Å²) >= 11 is 0. The molecule has 2 heterocycles. The van der Waals surface area contributed by atoms with Gasteiger partial charge in [0.25, 0.3) is 0 Å². The zero-order valence-corrected chi connectivity index (χ0v) is 12.3. The molecule has 2 aromatic heterocycles. The minimum atomic E-state index is -0.120. The van der Waals surface area contributed by atoms with E-state index in [1.54, 1.807) is 0 Å². The summed E-state index contributed by atoms with van der Waals surface area (Å²) < 4.78 is 1.89. The maximum absolute atomic E-state index is 11.4. The molecule has 1 aromatic carbocycles. The molecule has 0 saturated heterocycles. The zero-order chi connectivity index (χ0) is 14.8. The summed E-state index contributed by atoms with van der Waals surface area (Å²) in [7, 11) is 0. The molecule has 0 aliphatic carbocycles. The molecule has 1 amide bonds. The fourth-order valence-electron chi connectivity index (χ4n) is 2.42. The van der Waals surface area contributed by atoms with Gasteiger partial charge < -0.3 is 5.32 Å². The first-order valence-electron chi connectivity index (χ1n) is 7.23. The minimum Gasteiger partial charge on any atom is -0.309 e. The normalized spacial score (nSPS) is 11.1. The van der Waals surface area contributed by atoms with Gasteiger partial charge >= 0.3 is 0 Å². The van der Waals surface area contributed by atoms with Crippen LogP contribution in [0.25, 0.3) is 21.9 Å². The first-order chi connectivity index (χ1) is 10.2. The molecular formula is C16H18N4O. The van der Waals surface area contributed by atoms with Crippen LogP contribution in [0.4, 0.5) is 5.82 Å². The maximum atomic E-state index is 11.4. The van der Waals surface area contributed by atoms with Gasteiger partial charge in [0.2, 0.25) is 5.91 Å². The van der Waals surface area contributed by atoms with Crippen molar-refractivity contribution in [2.45, 2.75) is 33.2 Å². The third-order valence-electron chi connectivity index (χ3n) is 3.44. The molecule has 0 aliphatic heterocycles. The lowest BCUT2D eigenvalue weighted by Gasteiger charge is -2.02. The standard InChI is InChI=1S/C16H18N4O/c1-3-4-9-20-16-13(15(19-20)17-11(2)21)10-12-7-5-6-8-14(12)18-16/h5-8,10H,3-4,9H2,1-2H3,(H,17,19,21). The summed E-state index contributed by atoms with van der Waals surface area (Å²) in [4.78, 5) is 16.1. The van der Waals surface area contributed by atoms with E-state index in [0.717, 1.165) is 41.3 Å². The Bertz CT molecular complexity index is 806. The fraction of sp³-hybridized carbons (Fsp3) is 0.312. The summed E-state index contributed by atoms with van der Waals surface area (Å²) in [6, 6.07) is 10.0. The lowest BCUT2D eigenvalue weighted by molar-refractivity contribution is -0.114. The maximum Gasteiger partial charge on any atom is 0.222 e. The van der Waals surface area contributed by atoms with E-state index < -0.39 is 0 Å². The summed E-state index contributed by atoms with van der Waals surface area (Å²) in [5.41, 5.74) is 1.77. The van der Waals surface area contributed by atoms with Crippen molar-refractivity contribution in [1.82, 2.24) is 14.8 Å². The highest BCUT2D eigenvalue weighted by Gasteiger charge is 2.13. The molecule has 0 saturated carbocycles. The molecule has 21 heavy (non-hydrogen) atoms. The molecule has 0 fully saturated rings. The van der Waals surface area contributed by atoms with Crippen LogP contribution in [0, 0.1) is 0 Å². The third kappa shape index (κ3) is 2.59. The largest absolute Gasteiger partial charge is 0.309 e. The molecule has 108 valence electrons. The number of anilines is 1. The topological polar surface area (TPSA) is 59.8 Å². The number of aryl methyl sites for hydroxylation is 1.